The zero-order valence-electron chi connectivity index (χ0n) is 19.8. The number of hydrogen-bond acceptors (Lipinski definition) is 6. The van der Waals surface area contributed by atoms with E-state index in [1.54, 1.807) is 50.7 Å². The number of aromatic nitrogens is 1. The number of ether oxygens (including phenoxy) is 2. The van der Waals surface area contributed by atoms with E-state index < -0.39 is 0 Å². The molecule has 4 aromatic rings. The first-order valence-corrected chi connectivity index (χ1v) is 11.2. The van der Waals surface area contributed by atoms with Gasteiger partial charge in [-0.05, 0) is 54.8 Å². The molecule has 0 aliphatic rings. The second-order valence-electron chi connectivity index (χ2n) is 8.11. The highest BCUT2D eigenvalue weighted by atomic mass is 16.5. The maximum atomic E-state index is 12.7. The third kappa shape index (κ3) is 5.33. The molecule has 0 bridgehead atoms. The van der Waals surface area contributed by atoms with Gasteiger partial charge in [-0.2, -0.15) is 5.26 Å². The van der Waals surface area contributed by atoms with Crippen LogP contribution in [0.3, 0.4) is 0 Å². The van der Waals surface area contributed by atoms with Crippen molar-refractivity contribution in [1.29, 1.82) is 5.26 Å². The van der Waals surface area contributed by atoms with Gasteiger partial charge in [0.25, 0.3) is 5.91 Å². The molecule has 3 aromatic carbocycles. The number of carbonyl (C=O) groups is 1. The number of hydrogen-bond donors (Lipinski definition) is 2. The van der Waals surface area contributed by atoms with E-state index in [4.69, 9.17) is 14.7 Å². The molecule has 0 aliphatic heterocycles. The van der Waals surface area contributed by atoms with E-state index in [1.807, 2.05) is 43.3 Å². The van der Waals surface area contributed by atoms with Gasteiger partial charge in [0.2, 0.25) is 0 Å². The first-order chi connectivity index (χ1) is 17.0. The average Bonchev–Trinajstić information content (AvgIpc) is 2.91. The molecule has 0 radical (unpaired) electrons. The number of nitriles is 1. The fourth-order valence-corrected chi connectivity index (χ4v) is 3.75. The molecule has 2 N–H and O–H groups in total. The largest absolute Gasteiger partial charge is 0.497 e. The van der Waals surface area contributed by atoms with E-state index in [0.29, 0.717) is 29.3 Å². The molecule has 1 unspecified atom stereocenters. The van der Waals surface area contributed by atoms with E-state index in [2.05, 4.69) is 21.7 Å². The molecule has 0 saturated heterocycles. The van der Waals surface area contributed by atoms with Crippen molar-refractivity contribution in [2.75, 3.05) is 31.4 Å². The molecular formula is C28H26N4O3. The molecular weight excluding hydrogens is 440 g/mol. The molecule has 0 spiro atoms. The summed E-state index contributed by atoms with van der Waals surface area (Å²) >= 11 is 0. The normalized spacial score (nSPS) is 11.4. The van der Waals surface area contributed by atoms with Crippen LogP contribution in [0.4, 0.5) is 11.4 Å². The topological polar surface area (TPSA) is 96.3 Å². The lowest BCUT2D eigenvalue weighted by Gasteiger charge is -2.16. The number of rotatable bonds is 8. The smallest absolute Gasteiger partial charge is 0.255 e. The van der Waals surface area contributed by atoms with Crippen molar-refractivity contribution in [3.8, 4) is 28.8 Å². The highest BCUT2D eigenvalue weighted by Crippen LogP contribution is 2.36. The molecule has 4 rings (SSSR count). The maximum absolute atomic E-state index is 12.7. The lowest BCUT2D eigenvalue weighted by atomic mass is 10.0. The van der Waals surface area contributed by atoms with Crippen molar-refractivity contribution in [3.63, 3.8) is 0 Å². The lowest BCUT2D eigenvalue weighted by Crippen LogP contribution is -2.12. The van der Waals surface area contributed by atoms with E-state index in [1.165, 1.54) is 0 Å². The summed E-state index contributed by atoms with van der Waals surface area (Å²) in [5, 5.41) is 17.5. The minimum Gasteiger partial charge on any atom is -0.497 e. The van der Waals surface area contributed by atoms with Crippen LogP contribution in [0.5, 0.6) is 11.5 Å². The SMILES string of the molecule is COc1cccc(C(=O)Nc2ccnc(-c3ccc4ccc(OC)c(NCC(C)C#N)c4c3)c2)c1. The molecule has 35 heavy (non-hydrogen) atoms. The highest BCUT2D eigenvalue weighted by molar-refractivity contribution is 6.05. The van der Waals surface area contributed by atoms with Crippen LogP contribution < -0.4 is 20.1 Å². The summed E-state index contributed by atoms with van der Waals surface area (Å²) in [7, 11) is 3.19. The number of methoxy groups -OCH3 is 2. The van der Waals surface area contributed by atoms with Crippen LogP contribution in [0.2, 0.25) is 0 Å². The minimum absolute atomic E-state index is 0.148. The van der Waals surface area contributed by atoms with Crippen molar-refractivity contribution in [1.82, 2.24) is 4.98 Å². The first-order valence-electron chi connectivity index (χ1n) is 11.2. The summed E-state index contributed by atoms with van der Waals surface area (Å²) in [6.45, 7) is 2.37. The van der Waals surface area contributed by atoms with Gasteiger partial charge in [0.15, 0.2) is 0 Å². The van der Waals surface area contributed by atoms with Gasteiger partial charge in [-0.1, -0.05) is 24.3 Å². The minimum atomic E-state index is -0.234. The van der Waals surface area contributed by atoms with Gasteiger partial charge in [-0.15, -0.1) is 0 Å². The molecule has 0 fully saturated rings. The molecule has 1 aromatic heterocycles. The van der Waals surface area contributed by atoms with Crippen LogP contribution in [0.15, 0.2) is 72.9 Å². The van der Waals surface area contributed by atoms with Crippen molar-refractivity contribution < 1.29 is 14.3 Å². The monoisotopic (exact) mass is 466 g/mol. The Balaban J connectivity index is 1.65. The Morgan fingerprint density at radius 2 is 1.89 bits per heavy atom. The van der Waals surface area contributed by atoms with Gasteiger partial charge in [0, 0.05) is 34.9 Å². The number of pyridine rings is 1. The van der Waals surface area contributed by atoms with Crippen molar-refractivity contribution >= 4 is 28.1 Å². The Morgan fingerprint density at radius 3 is 2.66 bits per heavy atom. The number of nitrogens with zero attached hydrogens (tertiary/aromatic N) is 2. The van der Waals surface area contributed by atoms with Crippen LogP contribution in [0, 0.1) is 17.2 Å². The van der Waals surface area contributed by atoms with E-state index in [9.17, 15) is 4.79 Å². The van der Waals surface area contributed by atoms with Crippen molar-refractivity contribution in [2.45, 2.75) is 6.92 Å². The van der Waals surface area contributed by atoms with Crippen LogP contribution in [-0.2, 0) is 0 Å². The lowest BCUT2D eigenvalue weighted by molar-refractivity contribution is 0.102. The Morgan fingerprint density at radius 1 is 1.06 bits per heavy atom. The number of fused-ring (bicyclic) bond motifs is 1. The fourth-order valence-electron chi connectivity index (χ4n) is 3.75. The van der Waals surface area contributed by atoms with Crippen molar-refractivity contribution in [3.05, 3.63) is 78.5 Å². The number of anilines is 2. The number of amides is 1. The average molecular weight is 467 g/mol. The first kappa shape index (κ1) is 23.6. The van der Waals surface area contributed by atoms with Crippen molar-refractivity contribution in [2.24, 2.45) is 5.92 Å². The van der Waals surface area contributed by atoms with E-state index in [-0.39, 0.29) is 11.8 Å². The van der Waals surface area contributed by atoms with Gasteiger partial charge in [-0.25, -0.2) is 0 Å². The molecule has 1 amide bonds. The Bertz CT molecular complexity index is 1410. The Kier molecular flexibility index (Phi) is 7.12. The molecule has 0 aliphatic carbocycles. The van der Waals surface area contributed by atoms with Crippen LogP contribution in [0.25, 0.3) is 22.0 Å². The van der Waals surface area contributed by atoms with Gasteiger partial charge in [0.1, 0.15) is 11.5 Å². The molecule has 7 nitrogen and oxygen atoms in total. The summed E-state index contributed by atoms with van der Waals surface area (Å²) < 4.78 is 10.8. The molecule has 1 heterocycles. The molecule has 7 heteroatoms. The van der Waals surface area contributed by atoms with Gasteiger partial charge in [0.05, 0.1) is 37.6 Å². The standard InChI is InChI=1S/C28H26N4O3/c1-18(16-29)17-31-27-24-14-20(8-7-19(24)9-10-26(27)35-3)25-15-22(11-12-30-25)32-28(33)21-5-4-6-23(13-21)34-2/h4-15,18,31H,17H2,1-3H3,(H,30,32,33). The highest BCUT2D eigenvalue weighted by Gasteiger charge is 2.13. The second kappa shape index (κ2) is 10.6. The number of carbonyl (C=O) groups excluding carboxylic acids is 1. The third-order valence-electron chi connectivity index (χ3n) is 5.65. The van der Waals surface area contributed by atoms with E-state index in [0.717, 1.165) is 27.7 Å². The Labute approximate surface area is 204 Å². The molecule has 1 atom stereocenters. The van der Waals surface area contributed by atoms with E-state index >= 15 is 0 Å². The van der Waals surface area contributed by atoms with Gasteiger partial charge >= 0.3 is 0 Å². The summed E-state index contributed by atoms with van der Waals surface area (Å²) in [4.78, 5) is 17.3. The third-order valence-corrected chi connectivity index (χ3v) is 5.65. The molecule has 0 saturated carbocycles. The number of nitrogens with one attached hydrogen (secondary N) is 2. The summed E-state index contributed by atoms with van der Waals surface area (Å²) in [6, 6.07) is 22.8. The summed E-state index contributed by atoms with van der Waals surface area (Å²) in [5.41, 5.74) is 3.57. The van der Waals surface area contributed by atoms with Gasteiger partial charge in [-0.3, -0.25) is 9.78 Å². The van der Waals surface area contributed by atoms with Crippen LogP contribution in [-0.4, -0.2) is 31.7 Å². The summed E-state index contributed by atoms with van der Waals surface area (Å²) in [5.74, 6) is 0.937. The summed E-state index contributed by atoms with van der Waals surface area (Å²) in [6.07, 6.45) is 1.67. The predicted octanol–water partition coefficient (Wildman–Crippen LogP) is 5.74. The zero-order valence-corrected chi connectivity index (χ0v) is 19.8. The quantitative estimate of drug-likeness (QED) is 0.344. The fraction of sp³-hybridized carbons (Fsp3) is 0.179. The Hall–Kier alpha value is -4.57. The van der Waals surface area contributed by atoms with Crippen LogP contribution >= 0.6 is 0 Å². The zero-order chi connectivity index (χ0) is 24.8. The number of benzene rings is 3. The second-order valence-corrected chi connectivity index (χ2v) is 8.11. The molecule has 176 valence electrons. The van der Waals surface area contributed by atoms with Gasteiger partial charge < -0.3 is 20.1 Å². The van der Waals surface area contributed by atoms with Crippen LogP contribution in [0.1, 0.15) is 17.3 Å². The maximum Gasteiger partial charge on any atom is 0.255 e. The predicted molar refractivity (Wildman–Crippen MR) is 138 cm³/mol.